The summed E-state index contributed by atoms with van der Waals surface area (Å²) >= 11 is 3.43. The molecular formula is C20H21BrN2O3. The molecule has 2 aromatic rings. The average Bonchev–Trinajstić information content (AvgIpc) is 2.65. The first-order valence-corrected chi connectivity index (χ1v) is 9.08. The number of hydrogen-bond acceptors (Lipinski definition) is 4. The van der Waals surface area contributed by atoms with Gasteiger partial charge in [-0.15, -0.1) is 0 Å². The Morgan fingerprint density at radius 1 is 1.27 bits per heavy atom. The predicted octanol–water partition coefficient (Wildman–Crippen LogP) is 4.37. The molecule has 1 amide bonds. The molecule has 1 atom stereocenters. The minimum absolute atomic E-state index is 0.0205. The molecule has 5 nitrogen and oxygen atoms in total. The van der Waals surface area contributed by atoms with E-state index in [0.29, 0.717) is 36.5 Å². The minimum atomic E-state index is -0.0560. The molecule has 6 heteroatoms. The first kappa shape index (κ1) is 19.8. The van der Waals surface area contributed by atoms with Gasteiger partial charge in [-0.2, -0.15) is 5.26 Å². The molecule has 0 aliphatic heterocycles. The first-order chi connectivity index (χ1) is 12.5. The highest BCUT2D eigenvalue weighted by molar-refractivity contribution is 9.10. The summed E-state index contributed by atoms with van der Waals surface area (Å²) in [5.41, 5.74) is 1.56. The molecule has 0 aliphatic rings. The molecule has 0 radical (unpaired) electrons. The van der Waals surface area contributed by atoms with Crippen LogP contribution in [0.4, 0.5) is 0 Å². The number of nitrogens with zero attached hydrogens (tertiary/aromatic N) is 1. The molecular weight excluding hydrogens is 396 g/mol. The molecule has 0 spiro atoms. The van der Waals surface area contributed by atoms with Crippen LogP contribution < -0.4 is 14.8 Å². The fraction of sp³-hybridized carbons (Fsp3) is 0.300. The van der Waals surface area contributed by atoms with Crippen molar-refractivity contribution in [2.24, 2.45) is 0 Å². The summed E-state index contributed by atoms with van der Waals surface area (Å²) in [6.45, 7) is 2.35. The molecule has 2 aromatic carbocycles. The Balaban J connectivity index is 1.77. The van der Waals surface area contributed by atoms with Crippen molar-refractivity contribution in [3.63, 3.8) is 0 Å². The molecule has 1 N–H and O–H groups in total. The SMILES string of the molecule is COc1cc(C#N)ccc1OCCCC(=O)N[C@@H](C)c1cccc(Br)c1. The monoisotopic (exact) mass is 416 g/mol. The van der Waals surface area contributed by atoms with Crippen LogP contribution in [0, 0.1) is 11.3 Å². The highest BCUT2D eigenvalue weighted by atomic mass is 79.9. The van der Waals surface area contributed by atoms with Gasteiger partial charge in [0, 0.05) is 17.0 Å². The topological polar surface area (TPSA) is 71.3 Å². The van der Waals surface area contributed by atoms with Gasteiger partial charge in [-0.25, -0.2) is 0 Å². The van der Waals surface area contributed by atoms with Gasteiger partial charge < -0.3 is 14.8 Å². The Bertz CT molecular complexity index is 802. The van der Waals surface area contributed by atoms with E-state index >= 15 is 0 Å². The number of nitrogens with one attached hydrogen (secondary N) is 1. The summed E-state index contributed by atoms with van der Waals surface area (Å²) in [7, 11) is 1.53. The fourth-order valence-electron chi connectivity index (χ4n) is 2.44. The number of amides is 1. The van der Waals surface area contributed by atoms with Crippen LogP contribution in [-0.4, -0.2) is 19.6 Å². The molecule has 0 bridgehead atoms. The molecule has 0 heterocycles. The zero-order chi connectivity index (χ0) is 18.9. The van der Waals surface area contributed by atoms with Crippen LogP contribution in [-0.2, 0) is 4.79 Å². The number of benzene rings is 2. The number of carbonyl (C=O) groups is 1. The Labute approximate surface area is 162 Å². The van der Waals surface area contributed by atoms with Gasteiger partial charge in [0.05, 0.1) is 31.4 Å². The van der Waals surface area contributed by atoms with Crippen LogP contribution in [0.15, 0.2) is 46.9 Å². The van der Waals surface area contributed by atoms with E-state index in [1.807, 2.05) is 31.2 Å². The third kappa shape index (κ3) is 5.78. The third-order valence-corrected chi connectivity index (χ3v) is 4.32. The maximum atomic E-state index is 12.1. The summed E-state index contributed by atoms with van der Waals surface area (Å²) in [6, 6.07) is 14.9. The largest absolute Gasteiger partial charge is 0.493 e. The molecule has 26 heavy (non-hydrogen) atoms. The van der Waals surface area contributed by atoms with Crippen LogP contribution in [0.5, 0.6) is 11.5 Å². The van der Waals surface area contributed by atoms with Crippen LogP contribution in [0.3, 0.4) is 0 Å². The van der Waals surface area contributed by atoms with E-state index in [2.05, 4.69) is 27.3 Å². The molecule has 0 saturated heterocycles. The molecule has 0 fully saturated rings. The molecule has 0 saturated carbocycles. The first-order valence-electron chi connectivity index (χ1n) is 8.29. The Kier molecular flexibility index (Phi) is 7.49. The summed E-state index contributed by atoms with van der Waals surface area (Å²) in [5, 5.41) is 11.9. The Morgan fingerprint density at radius 3 is 2.77 bits per heavy atom. The average molecular weight is 417 g/mol. The van der Waals surface area contributed by atoms with Crippen LogP contribution in [0.2, 0.25) is 0 Å². The number of halogens is 1. The van der Waals surface area contributed by atoms with E-state index in [1.54, 1.807) is 18.2 Å². The quantitative estimate of drug-likeness (QED) is 0.648. The summed E-state index contributed by atoms with van der Waals surface area (Å²) in [4.78, 5) is 12.1. The van der Waals surface area contributed by atoms with Crippen molar-refractivity contribution in [3.8, 4) is 17.6 Å². The maximum absolute atomic E-state index is 12.1. The second-order valence-corrected chi connectivity index (χ2v) is 6.69. The minimum Gasteiger partial charge on any atom is -0.493 e. The zero-order valence-corrected chi connectivity index (χ0v) is 16.4. The van der Waals surface area contributed by atoms with Crippen molar-refractivity contribution in [1.29, 1.82) is 5.26 Å². The highest BCUT2D eigenvalue weighted by Crippen LogP contribution is 2.28. The molecule has 2 rings (SSSR count). The van der Waals surface area contributed by atoms with Gasteiger partial charge >= 0.3 is 0 Å². The summed E-state index contributed by atoms with van der Waals surface area (Å²) in [6.07, 6.45) is 0.955. The Hall–Kier alpha value is -2.52. The molecule has 136 valence electrons. The van der Waals surface area contributed by atoms with E-state index < -0.39 is 0 Å². The van der Waals surface area contributed by atoms with Crippen LogP contribution in [0.1, 0.15) is 36.9 Å². The van der Waals surface area contributed by atoms with Crippen molar-refractivity contribution in [3.05, 3.63) is 58.1 Å². The summed E-state index contributed by atoms with van der Waals surface area (Å²) < 4.78 is 11.9. The predicted molar refractivity (Wildman–Crippen MR) is 103 cm³/mol. The second-order valence-electron chi connectivity index (χ2n) is 5.77. The van der Waals surface area contributed by atoms with Gasteiger partial charge in [0.1, 0.15) is 0 Å². The summed E-state index contributed by atoms with van der Waals surface area (Å²) in [5.74, 6) is 1.05. The normalized spacial score (nSPS) is 11.3. The van der Waals surface area contributed by atoms with E-state index in [9.17, 15) is 4.79 Å². The number of hydrogen-bond donors (Lipinski definition) is 1. The Morgan fingerprint density at radius 2 is 2.08 bits per heavy atom. The van der Waals surface area contributed by atoms with Crippen LogP contribution >= 0.6 is 15.9 Å². The number of carbonyl (C=O) groups excluding carboxylic acids is 1. The number of rotatable bonds is 8. The van der Waals surface area contributed by atoms with Crippen molar-refractivity contribution in [2.45, 2.75) is 25.8 Å². The second kappa shape index (κ2) is 9.83. The lowest BCUT2D eigenvalue weighted by atomic mass is 10.1. The van der Waals surface area contributed by atoms with Crippen molar-refractivity contribution < 1.29 is 14.3 Å². The van der Waals surface area contributed by atoms with Gasteiger partial charge in [-0.3, -0.25) is 4.79 Å². The third-order valence-electron chi connectivity index (χ3n) is 3.82. The number of nitriles is 1. The fourth-order valence-corrected chi connectivity index (χ4v) is 2.86. The standard InChI is InChI=1S/C20H21BrN2O3/c1-14(16-5-3-6-17(21)12-16)23-20(24)7-4-10-26-18-9-8-15(13-22)11-19(18)25-2/h3,5-6,8-9,11-12,14H,4,7,10H2,1-2H3,(H,23,24)/t14-/m0/s1. The van der Waals surface area contributed by atoms with Crippen LogP contribution in [0.25, 0.3) is 0 Å². The number of methoxy groups -OCH3 is 1. The van der Waals surface area contributed by atoms with Crippen molar-refractivity contribution in [1.82, 2.24) is 5.32 Å². The van der Waals surface area contributed by atoms with E-state index in [0.717, 1.165) is 10.0 Å². The molecule has 0 unspecified atom stereocenters. The van der Waals surface area contributed by atoms with E-state index in [4.69, 9.17) is 14.7 Å². The molecule has 0 aromatic heterocycles. The van der Waals surface area contributed by atoms with Crippen molar-refractivity contribution in [2.75, 3.05) is 13.7 Å². The smallest absolute Gasteiger partial charge is 0.220 e. The highest BCUT2D eigenvalue weighted by Gasteiger charge is 2.10. The van der Waals surface area contributed by atoms with E-state index in [-0.39, 0.29) is 11.9 Å². The lowest BCUT2D eigenvalue weighted by molar-refractivity contribution is -0.121. The maximum Gasteiger partial charge on any atom is 0.220 e. The zero-order valence-electron chi connectivity index (χ0n) is 14.8. The lowest BCUT2D eigenvalue weighted by Crippen LogP contribution is -2.26. The van der Waals surface area contributed by atoms with Gasteiger partial charge in [0.25, 0.3) is 0 Å². The van der Waals surface area contributed by atoms with Gasteiger partial charge in [0.15, 0.2) is 11.5 Å². The van der Waals surface area contributed by atoms with Crippen molar-refractivity contribution >= 4 is 21.8 Å². The van der Waals surface area contributed by atoms with E-state index in [1.165, 1.54) is 7.11 Å². The van der Waals surface area contributed by atoms with Gasteiger partial charge in [-0.05, 0) is 43.2 Å². The van der Waals surface area contributed by atoms with Gasteiger partial charge in [-0.1, -0.05) is 28.1 Å². The van der Waals surface area contributed by atoms with Gasteiger partial charge in [0.2, 0.25) is 5.91 Å². The lowest BCUT2D eigenvalue weighted by Gasteiger charge is -2.15. The molecule has 0 aliphatic carbocycles. The number of ether oxygens (including phenoxy) is 2.